The molecule has 0 atom stereocenters. The van der Waals surface area contributed by atoms with E-state index in [-0.39, 0.29) is 65.5 Å². The number of benzene rings is 4. The van der Waals surface area contributed by atoms with Crippen molar-refractivity contribution in [2.45, 2.75) is 9.79 Å². The molecule has 0 heterocycles. The number of amides is 2. The maximum absolute atomic E-state index is 11.9. The molecular weight excluding hydrogens is 686 g/mol. The number of para-hydroxylation sites is 2. The van der Waals surface area contributed by atoms with Gasteiger partial charge in [-0.2, -0.15) is 0 Å². The number of carbonyl (C=O) groups excluding carboxylic acids is 2. The molecule has 0 aromatic heterocycles. The minimum absolute atomic E-state index is 0. The molecule has 4 N–H and O–H groups in total. The molecule has 40 heavy (non-hydrogen) atoms. The average molecular weight is 708 g/mol. The molecule has 0 bridgehead atoms. The van der Waals surface area contributed by atoms with E-state index < -0.39 is 41.8 Å². The van der Waals surface area contributed by atoms with E-state index >= 15 is 0 Å². The summed E-state index contributed by atoms with van der Waals surface area (Å²) in [7, 11) is -9.12. The van der Waals surface area contributed by atoms with Crippen LogP contribution in [0.2, 0.25) is 0 Å². The van der Waals surface area contributed by atoms with E-state index in [1.807, 2.05) is 0 Å². The van der Waals surface area contributed by atoms with Gasteiger partial charge < -0.3 is 25.2 Å². The first-order chi connectivity index (χ1) is 17.9. The average Bonchev–Trinajstić information content (AvgIpc) is 2.89. The fraction of sp³-hybridized carbons (Fsp3) is 0. The molecule has 0 aliphatic heterocycles. The topological polar surface area (TPSA) is 204 Å². The van der Waals surface area contributed by atoms with Crippen molar-refractivity contribution in [3.8, 4) is 0 Å². The van der Waals surface area contributed by atoms with Crippen LogP contribution in [0.4, 0.5) is 11.4 Å². The maximum Gasteiger partial charge on any atom is 2.00 e. The van der Waals surface area contributed by atoms with Crippen molar-refractivity contribution in [1.29, 1.82) is 0 Å². The molecule has 4 aromatic rings. The molecule has 0 fully saturated rings. The molecule has 0 saturated heterocycles. The van der Waals surface area contributed by atoms with E-state index in [1.165, 1.54) is 24.3 Å². The van der Waals surface area contributed by atoms with E-state index in [0.29, 0.717) is 11.4 Å². The third kappa shape index (κ3) is 11.0. The molecular formula is C26H22BaN2O9S2. The third-order valence-corrected chi connectivity index (χ3v) is 6.50. The van der Waals surface area contributed by atoms with Gasteiger partial charge in [0.05, 0.1) is 9.79 Å². The summed E-state index contributed by atoms with van der Waals surface area (Å²) in [5.74, 6) is -0.951. The predicted octanol–water partition coefficient (Wildman–Crippen LogP) is 2.48. The van der Waals surface area contributed by atoms with Gasteiger partial charge in [0.15, 0.2) is 0 Å². The first-order valence-electron chi connectivity index (χ1n) is 10.8. The third-order valence-electron chi connectivity index (χ3n) is 4.83. The van der Waals surface area contributed by atoms with Crippen molar-refractivity contribution in [2.24, 2.45) is 0 Å². The van der Waals surface area contributed by atoms with E-state index in [4.69, 9.17) is 0 Å². The maximum atomic E-state index is 11.9. The second-order valence-corrected chi connectivity index (χ2v) is 10.4. The summed E-state index contributed by atoms with van der Waals surface area (Å²) in [5, 5.41) is 5.20. The Morgan fingerprint density at radius 1 is 0.525 bits per heavy atom. The largest absolute Gasteiger partial charge is 2.00 e. The van der Waals surface area contributed by atoms with Gasteiger partial charge in [0.25, 0.3) is 11.8 Å². The summed E-state index contributed by atoms with van der Waals surface area (Å²) in [6.07, 6.45) is 0. The van der Waals surface area contributed by atoms with Crippen LogP contribution in [0.1, 0.15) is 20.7 Å². The van der Waals surface area contributed by atoms with Crippen molar-refractivity contribution in [1.82, 2.24) is 0 Å². The Kier molecular flexibility index (Phi) is 13.9. The SMILES string of the molecule is O.O=C(Nc1ccccc1)c1cccc(S(=O)(=O)[O-])c1.O=C(Nc1ccccc1)c1cccc(S(=O)(=O)[O-])c1.[Ba+2]. The van der Waals surface area contributed by atoms with Crippen molar-refractivity contribution in [3.05, 3.63) is 120 Å². The van der Waals surface area contributed by atoms with Crippen LogP contribution in [0.15, 0.2) is 119 Å². The van der Waals surface area contributed by atoms with Crippen LogP contribution in [0.5, 0.6) is 0 Å². The summed E-state index contributed by atoms with van der Waals surface area (Å²) in [5.41, 5.74) is 1.40. The zero-order valence-electron chi connectivity index (χ0n) is 20.7. The van der Waals surface area contributed by atoms with Crippen molar-refractivity contribution in [2.75, 3.05) is 10.6 Å². The van der Waals surface area contributed by atoms with Gasteiger partial charge in [-0.05, 0) is 60.7 Å². The van der Waals surface area contributed by atoms with Crippen LogP contribution < -0.4 is 10.6 Å². The standard InChI is InChI=1S/2C13H11NO4S.Ba.H2O/c2*15-13(14-11-6-2-1-3-7-11)10-5-4-8-12(9-10)19(16,17)18;;/h2*1-9H,(H,14,15)(H,16,17,18);;1H2/q;;+2;/p-2. The van der Waals surface area contributed by atoms with Crippen molar-refractivity contribution >= 4 is 92.3 Å². The van der Waals surface area contributed by atoms with Gasteiger partial charge in [-0.15, -0.1) is 0 Å². The minimum Gasteiger partial charge on any atom is -0.744 e. The summed E-state index contributed by atoms with van der Waals surface area (Å²) < 4.78 is 65.3. The fourth-order valence-electron chi connectivity index (χ4n) is 3.04. The Morgan fingerprint density at radius 2 is 0.850 bits per heavy atom. The minimum atomic E-state index is -4.56. The first-order valence-corrected chi connectivity index (χ1v) is 13.6. The summed E-state index contributed by atoms with van der Waals surface area (Å²) >= 11 is 0. The Balaban J connectivity index is 0.000000381. The Morgan fingerprint density at radius 3 is 1.15 bits per heavy atom. The van der Waals surface area contributed by atoms with Crippen LogP contribution in [0.25, 0.3) is 0 Å². The molecule has 4 rings (SSSR count). The van der Waals surface area contributed by atoms with E-state index in [9.17, 15) is 35.5 Å². The number of hydrogen-bond acceptors (Lipinski definition) is 8. The van der Waals surface area contributed by atoms with E-state index in [2.05, 4.69) is 10.6 Å². The molecule has 204 valence electrons. The molecule has 0 aliphatic carbocycles. The van der Waals surface area contributed by atoms with Gasteiger partial charge in [-0.25, -0.2) is 16.8 Å². The molecule has 11 nitrogen and oxygen atoms in total. The van der Waals surface area contributed by atoms with Gasteiger partial charge in [0, 0.05) is 22.5 Å². The molecule has 2 amide bonds. The van der Waals surface area contributed by atoms with Crippen molar-refractivity contribution < 1.29 is 41.0 Å². The molecule has 14 heteroatoms. The fourth-order valence-corrected chi connectivity index (χ4v) is 4.07. The normalized spacial score (nSPS) is 10.4. The van der Waals surface area contributed by atoms with Crippen LogP contribution >= 0.6 is 0 Å². The number of anilines is 2. The van der Waals surface area contributed by atoms with Gasteiger partial charge in [-0.1, -0.05) is 48.5 Å². The second kappa shape index (κ2) is 15.8. The van der Waals surface area contributed by atoms with Gasteiger partial charge >= 0.3 is 48.9 Å². The number of nitrogens with one attached hydrogen (secondary N) is 2. The smallest absolute Gasteiger partial charge is 0.744 e. The summed E-state index contributed by atoms with van der Waals surface area (Å²) in [6.45, 7) is 0. The molecule has 0 aliphatic rings. The molecule has 0 saturated carbocycles. The Labute approximate surface area is 271 Å². The van der Waals surface area contributed by atoms with Crippen LogP contribution in [0, 0.1) is 0 Å². The quantitative estimate of drug-likeness (QED) is 0.225. The van der Waals surface area contributed by atoms with Gasteiger partial charge in [-0.3, -0.25) is 9.59 Å². The molecule has 0 unspecified atom stereocenters. The number of hydrogen-bond donors (Lipinski definition) is 2. The molecule has 0 radical (unpaired) electrons. The van der Waals surface area contributed by atoms with Gasteiger partial charge in [0.1, 0.15) is 20.2 Å². The van der Waals surface area contributed by atoms with Crippen molar-refractivity contribution in [3.63, 3.8) is 0 Å². The first kappa shape index (κ1) is 35.2. The van der Waals surface area contributed by atoms with Crippen LogP contribution in [-0.4, -0.2) is 92.1 Å². The number of rotatable bonds is 6. The number of carbonyl (C=O) groups is 2. The zero-order chi connectivity index (χ0) is 27.8. The monoisotopic (exact) mass is 708 g/mol. The predicted molar refractivity (Wildman–Crippen MR) is 147 cm³/mol. The van der Waals surface area contributed by atoms with E-state index in [0.717, 1.165) is 24.3 Å². The van der Waals surface area contributed by atoms with Crippen LogP contribution in [0.3, 0.4) is 0 Å². The molecule has 0 spiro atoms. The summed E-state index contributed by atoms with van der Waals surface area (Å²) in [4.78, 5) is 22.9. The van der Waals surface area contributed by atoms with Crippen LogP contribution in [-0.2, 0) is 20.2 Å². The Hall–Kier alpha value is -2.83. The zero-order valence-corrected chi connectivity index (χ0v) is 26.8. The Bertz CT molecular complexity index is 1530. The van der Waals surface area contributed by atoms with Gasteiger partial charge in [0.2, 0.25) is 0 Å². The second-order valence-electron chi connectivity index (χ2n) is 7.60. The summed E-state index contributed by atoms with van der Waals surface area (Å²) in [6, 6.07) is 27.4. The van der Waals surface area contributed by atoms with E-state index in [1.54, 1.807) is 60.7 Å². The molecule has 4 aromatic carbocycles.